The number of amides is 2. The minimum atomic E-state index is -0.530. The predicted octanol–water partition coefficient (Wildman–Crippen LogP) is 6.53. The van der Waals surface area contributed by atoms with E-state index in [-0.39, 0.29) is 17.6 Å². The first-order chi connectivity index (χ1) is 17.4. The summed E-state index contributed by atoms with van der Waals surface area (Å²) in [5.74, 6) is -0.875. The Hall–Kier alpha value is -3.32. The normalized spacial score (nSPS) is 15.2. The van der Waals surface area contributed by atoms with Crippen LogP contribution in [0.25, 0.3) is 0 Å². The van der Waals surface area contributed by atoms with Crippen molar-refractivity contribution in [3.8, 4) is 6.07 Å². The van der Waals surface area contributed by atoms with Crippen LogP contribution < -0.4 is 16.0 Å². The van der Waals surface area contributed by atoms with Crippen molar-refractivity contribution in [2.75, 3.05) is 16.4 Å². The molecule has 1 aliphatic rings. The Morgan fingerprint density at radius 3 is 2.50 bits per heavy atom. The summed E-state index contributed by atoms with van der Waals surface area (Å²) in [6.45, 7) is 3.76. The predicted molar refractivity (Wildman–Crippen MR) is 151 cm³/mol. The number of aryl methyl sites for hydroxylation is 1. The van der Waals surface area contributed by atoms with E-state index >= 15 is 0 Å². The highest BCUT2D eigenvalue weighted by atomic mass is 79.9. The number of thiophene rings is 1. The number of thioether (sulfide) groups is 1. The van der Waals surface area contributed by atoms with Crippen molar-refractivity contribution in [2.24, 2.45) is 0 Å². The molecule has 1 aromatic heterocycles. The lowest BCUT2D eigenvalue weighted by atomic mass is 9.86. The number of carbonyl (C=O) groups excluding carboxylic acids is 2. The van der Waals surface area contributed by atoms with Crippen LogP contribution in [0.3, 0.4) is 0 Å². The van der Waals surface area contributed by atoms with E-state index in [0.717, 1.165) is 20.6 Å². The highest BCUT2D eigenvalue weighted by Gasteiger charge is 2.35. The average Bonchev–Trinajstić information content (AvgIpc) is 3.39. The van der Waals surface area contributed by atoms with Gasteiger partial charge in [0.15, 0.2) is 0 Å². The number of halogens is 1. The molecule has 3 N–H and O–H groups in total. The number of hydrogen-bond acceptors (Lipinski definition) is 6. The molecule has 1 aliphatic heterocycles. The first-order valence-corrected chi connectivity index (χ1v) is 13.7. The molecule has 6 nitrogen and oxygen atoms in total. The van der Waals surface area contributed by atoms with Crippen LogP contribution in [0.1, 0.15) is 23.3 Å². The average molecular weight is 580 g/mol. The zero-order chi connectivity index (χ0) is 25.7. The van der Waals surface area contributed by atoms with Gasteiger partial charge in [-0.3, -0.25) is 9.59 Å². The Morgan fingerprint density at radius 2 is 1.83 bits per heavy atom. The van der Waals surface area contributed by atoms with Crippen LogP contribution in [0.15, 0.2) is 92.4 Å². The molecular formula is C27H23BrN4O2S2. The van der Waals surface area contributed by atoms with Crippen molar-refractivity contribution in [2.45, 2.75) is 19.8 Å². The van der Waals surface area contributed by atoms with Gasteiger partial charge in [0, 0.05) is 32.0 Å². The summed E-state index contributed by atoms with van der Waals surface area (Å²) in [5, 5.41) is 21.8. The lowest BCUT2D eigenvalue weighted by molar-refractivity contribution is -0.114. The second kappa shape index (κ2) is 11.6. The fourth-order valence-electron chi connectivity index (χ4n) is 3.84. The van der Waals surface area contributed by atoms with Crippen LogP contribution in [0.2, 0.25) is 0 Å². The number of nitrogens with one attached hydrogen (secondary N) is 3. The molecule has 3 aromatic rings. The van der Waals surface area contributed by atoms with Gasteiger partial charge in [0.25, 0.3) is 5.91 Å². The van der Waals surface area contributed by atoms with Gasteiger partial charge in [-0.05, 0) is 61.2 Å². The van der Waals surface area contributed by atoms with Gasteiger partial charge in [0.2, 0.25) is 5.91 Å². The number of rotatable bonds is 7. The van der Waals surface area contributed by atoms with Gasteiger partial charge in [-0.25, -0.2) is 0 Å². The zero-order valence-electron chi connectivity index (χ0n) is 19.6. The van der Waals surface area contributed by atoms with E-state index in [1.165, 1.54) is 23.1 Å². The quantitative estimate of drug-likeness (QED) is 0.296. The minimum absolute atomic E-state index is 0.110. The lowest BCUT2D eigenvalue weighted by Crippen LogP contribution is -2.31. The van der Waals surface area contributed by atoms with Crippen molar-refractivity contribution in [1.29, 1.82) is 5.26 Å². The smallest absolute Gasteiger partial charge is 0.254 e. The number of nitrogens with zero attached hydrogens (tertiary/aromatic N) is 1. The minimum Gasteiger partial charge on any atom is -0.353 e. The third-order valence-electron chi connectivity index (χ3n) is 5.59. The number of carbonyl (C=O) groups is 2. The van der Waals surface area contributed by atoms with E-state index in [1.807, 2.05) is 79.9 Å². The first-order valence-electron chi connectivity index (χ1n) is 11.1. The molecule has 1 unspecified atom stereocenters. The molecule has 9 heteroatoms. The summed E-state index contributed by atoms with van der Waals surface area (Å²) in [7, 11) is 0. The second-order valence-electron chi connectivity index (χ2n) is 8.08. The van der Waals surface area contributed by atoms with Crippen LogP contribution in [0.4, 0.5) is 11.4 Å². The van der Waals surface area contributed by atoms with E-state index in [1.54, 1.807) is 0 Å². The molecule has 0 saturated heterocycles. The zero-order valence-corrected chi connectivity index (χ0v) is 22.8. The fourth-order valence-corrected chi connectivity index (χ4v) is 5.84. The molecule has 0 bridgehead atoms. The summed E-state index contributed by atoms with van der Waals surface area (Å²) in [4.78, 5) is 27.0. The molecule has 2 aromatic carbocycles. The van der Waals surface area contributed by atoms with Gasteiger partial charge in [0.05, 0.1) is 28.3 Å². The van der Waals surface area contributed by atoms with Gasteiger partial charge >= 0.3 is 0 Å². The topological polar surface area (TPSA) is 94.0 Å². The van der Waals surface area contributed by atoms with Crippen molar-refractivity contribution in [3.05, 3.63) is 103 Å². The maximum Gasteiger partial charge on any atom is 0.254 e. The Bertz CT molecular complexity index is 1390. The molecule has 0 spiro atoms. The van der Waals surface area contributed by atoms with Crippen LogP contribution in [0.5, 0.6) is 0 Å². The van der Waals surface area contributed by atoms with E-state index in [4.69, 9.17) is 0 Å². The molecular weight excluding hydrogens is 556 g/mol. The lowest BCUT2D eigenvalue weighted by Gasteiger charge is -2.29. The summed E-state index contributed by atoms with van der Waals surface area (Å²) < 4.78 is 0.925. The first kappa shape index (κ1) is 25.8. The molecule has 4 rings (SSSR count). The number of benzene rings is 2. The fraction of sp³-hybridized carbons (Fsp3) is 0.148. The van der Waals surface area contributed by atoms with Crippen LogP contribution in [0, 0.1) is 18.3 Å². The van der Waals surface area contributed by atoms with Crippen molar-refractivity contribution in [3.63, 3.8) is 0 Å². The molecule has 0 saturated carbocycles. The third-order valence-corrected chi connectivity index (χ3v) is 8.07. The van der Waals surface area contributed by atoms with Gasteiger partial charge < -0.3 is 16.0 Å². The Morgan fingerprint density at radius 1 is 1.08 bits per heavy atom. The molecule has 0 aliphatic carbocycles. The summed E-state index contributed by atoms with van der Waals surface area (Å²) >= 11 is 6.12. The number of dihydropyridines is 1. The SMILES string of the molecule is CC1=C(C(=O)Nc2ccccc2C)C(c2cccs2)C(C#N)=C(SCC(=O)Nc2ccc(Br)cc2)N1. The van der Waals surface area contributed by atoms with Crippen molar-refractivity contribution < 1.29 is 9.59 Å². The maximum absolute atomic E-state index is 13.5. The van der Waals surface area contributed by atoms with E-state index < -0.39 is 5.92 Å². The van der Waals surface area contributed by atoms with Gasteiger partial charge in [-0.1, -0.05) is 52.0 Å². The van der Waals surface area contributed by atoms with Crippen LogP contribution >= 0.6 is 39.0 Å². The molecule has 182 valence electrons. The number of nitriles is 1. The number of anilines is 2. The summed E-state index contributed by atoms with van der Waals surface area (Å²) in [5.41, 5.74) is 3.91. The van der Waals surface area contributed by atoms with Crippen molar-refractivity contribution in [1.82, 2.24) is 5.32 Å². The van der Waals surface area contributed by atoms with Crippen LogP contribution in [-0.4, -0.2) is 17.6 Å². The third kappa shape index (κ3) is 5.90. The second-order valence-corrected chi connectivity index (χ2v) is 11.0. The molecule has 0 fully saturated rings. The number of para-hydroxylation sites is 1. The standard InChI is InChI=1S/C27H23BrN4O2S2/c1-16-6-3-4-7-21(16)32-26(34)24-17(2)30-27(20(14-29)25(24)22-8-5-13-35-22)36-15-23(33)31-19-11-9-18(28)10-12-19/h3-13,25,30H,15H2,1-2H3,(H,31,33)(H,32,34). The van der Waals surface area contributed by atoms with E-state index in [0.29, 0.717) is 27.6 Å². The highest BCUT2D eigenvalue weighted by Crippen LogP contribution is 2.42. The summed E-state index contributed by atoms with van der Waals surface area (Å²) in [6, 6.07) is 21.0. The van der Waals surface area contributed by atoms with E-state index in [2.05, 4.69) is 37.9 Å². The largest absolute Gasteiger partial charge is 0.353 e. The van der Waals surface area contributed by atoms with Gasteiger partial charge in [-0.2, -0.15) is 5.26 Å². The molecule has 36 heavy (non-hydrogen) atoms. The van der Waals surface area contributed by atoms with E-state index in [9.17, 15) is 14.9 Å². The Balaban J connectivity index is 1.58. The number of allylic oxidation sites excluding steroid dienone is 2. The van der Waals surface area contributed by atoms with Crippen molar-refractivity contribution >= 4 is 62.2 Å². The van der Waals surface area contributed by atoms with Gasteiger partial charge in [-0.15, -0.1) is 11.3 Å². The Labute approximate surface area is 226 Å². The Kier molecular flexibility index (Phi) is 8.31. The molecule has 0 radical (unpaired) electrons. The highest BCUT2D eigenvalue weighted by molar-refractivity contribution is 9.10. The monoisotopic (exact) mass is 578 g/mol. The maximum atomic E-state index is 13.5. The molecule has 1 atom stereocenters. The summed E-state index contributed by atoms with van der Waals surface area (Å²) in [6.07, 6.45) is 0. The molecule has 2 amide bonds. The number of hydrogen-bond donors (Lipinski definition) is 3. The van der Waals surface area contributed by atoms with Crippen LogP contribution in [-0.2, 0) is 9.59 Å². The van der Waals surface area contributed by atoms with Gasteiger partial charge in [0.1, 0.15) is 0 Å². The molecule has 2 heterocycles.